The van der Waals surface area contributed by atoms with Gasteiger partial charge in [0.1, 0.15) is 5.75 Å². The molecule has 0 amide bonds. The molecule has 2 aromatic carbocycles. The Hall–Kier alpha value is -2.49. The Balaban J connectivity index is 1.86. The summed E-state index contributed by atoms with van der Waals surface area (Å²) in [6.45, 7) is 1.85. The Morgan fingerprint density at radius 2 is 1.89 bits per heavy atom. The van der Waals surface area contributed by atoms with Crippen LogP contribution >= 0.6 is 0 Å². The molecule has 1 atom stereocenters. The topological polar surface area (TPSA) is 102 Å². The second kappa shape index (κ2) is 8.68. The summed E-state index contributed by atoms with van der Waals surface area (Å²) >= 11 is 0. The molecule has 0 spiro atoms. The van der Waals surface area contributed by atoms with Crippen LogP contribution in [0.3, 0.4) is 0 Å². The Kier molecular flexibility index (Phi) is 6.28. The lowest BCUT2D eigenvalue weighted by Crippen LogP contribution is -2.37. The number of likely N-dealkylation sites (tertiary alicyclic amines) is 1. The number of rotatable bonds is 8. The first-order valence-electron chi connectivity index (χ1n) is 9.03. The molecule has 8 nitrogen and oxygen atoms in total. The monoisotopic (exact) mass is 405 g/mol. The van der Waals surface area contributed by atoms with E-state index in [0.29, 0.717) is 5.75 Å². The van der Waals surface area contributed by atoms with Crippen molar-refractivity contribution in [2.75, 3.05) is 26.7 Å². The first kappa shape index (κ1) is 20.2. The van der Waals surface area contributed by atoms with Gasteiger partial charge in [0.2, 0.25) is 10.0 Å². The zero-order valence-corrected chi connectivity index (χ0v) is 16.4. The Morgan fingerprint density at radius 1 is 1.18 bits per heavy atom. The van der Waals surface area contributed by atoms with Crippen LogP contribution in [0.15, 0.2) is 53.4 Å². The second-order valence-corrected chi connectivity index (χ2v) is 8.35. The summed E-state index contributed by atoms with van der Waals surface area (Å²) < 4.78 is 33.4. The molecule has 3 rings (SSSR count). The number of nitro benzene ring substituents is 1. The molecule has 0 saturated carbocycles. The summed E-state index contributed by atoms with van der Waals surface area (Å²) in [6, 6.07) is 12.7. The zero-order valence-electron chi connectivity index (χ0n) is 15.6. The predicted octanol–water partition coefficient (Wildman–Crippen LogP) is 2.72. The lowest BCUT2D eigenvalue weighted by Gasteiger charge is -2.28. The molecule has 1 heterocycles. The normalized spacial score (nSPS) is 16.0. The van der Waals surface area contributed by atoms with E-state index in [-0.39, 0.29) is 17.5 Å². The average Bonchev–Trinajstić information content (AvgIpc) is 3.22. The lowest BCUT2D eigenvalue weighted by atomic mass is 10.1. The minimum absolute atomic E-state index is 0.113. The fourth-order valence-electron chi connectivity index (χ4n) is 3.46. The van der Waals surface area contributed by atoms with Crippen LogP contribution in [0.1, 0.15) is 24.4 Å². The third-order valence-electron chi connectivity index (χ3n) is 4.88. The van der Waals surface area contributed by atoms with Crippen molar-refractivity contribution in [3.63, 3.8) is 0 Å². The molecule has 1 aliphatic rings. The highest BCUT2D eigenvalue weighted by Gasteiger charge is 2.29. The minimum Gasteiger partial charge on any atom is -0.497 e. The smallest absolute Gasteiger partial charge is 0.289 e. The molecule has 1 aliphatic heterocycles. The summed E-state index contributed by atoms with van der Waals surface area (Å²) in [5, 5.41) is 11.2. The van der Waals surface area contributed by atoms with Crippen LogP contribution in [0.2, 0.25) is 0 Å². The number of para-hydroxylation sites is 1. The van der Waals surface area contributed by atoms with Crippen LogP contribution in [0.25, 0.3) is 0 Å². The van der Waals surface area contributed by atoms with E-state index in [1.54, 1.807) is 7.11 Å². The summed E-state index contributed by atoms with van der Waals surface area (Å²) in [5.74, 6) is 0.697. The SMILES string of the molecule is COc1cccc(C(CNS(=O)(=O)c2ccccc2[N+](=O)[O-])N2CCCC2)c1. The molecule has 0 aliphatic carbocycles. The van der Waals surface area contributed by atoms with Crippen molar-refractivity contribution >= 4 is 15.7 Å². The minimum atomic E-state index is -4.03. The van der Waals surface area contributed by atoms with E-state index >= 15 is 0 Å². The molecule has 9 heteroatoms. The Morgan fingerprint density at radius 3 is 2.57 bits per heavy atom. The first-order chi connectivity index (χ1) is 13.4. The van der Waals surface area contributed by atoms with Gasteiger partial charge in [0.15, 0.2) is 4.90 Å². The summed E-state index contributed by atoms with van der Waals surface area (Å²) in [6.07, 6.45) is 2.11. The molecule has 0 bridgehead atoms. The van der Waals surface area contributed by atoms with E-state index < -0.39 is 20.6 Å². The number of methoxy groups -OCH3 is 1. The van der Waals surface area contributed by atoms with E-state index in [1.165, 1.54) is 24.3 Å². The van der Waals surface area contributed by atoms with Gasteiger partial charge in [0.05, 0.1) is 12.0 Å². The van der Waals surface area contributed by atoms with Gasteiger partial charge in [-0.2, -0.15) is 0 Å². The predicted molar refractivity (Wildman–Crippen MR) is 105 cm³/mol. The fraction of sp³-hybridized carbons (Fsp3) is 0.368. The average molecular weight is 405 g/mol. The second-order valence-electron chi connectivity index (χ2n) is 6.61. The lowest BCUT2D eigenvalue weighted by molar-refractivity contribution is -0.387. The van der Waals surface area contributed by atoms with Crippen LogP contribution < -0.4 is 9.46 Å². The number of benzene rings is 2. The molecule has 1 unspecified atom stereocenters. The molecule has 28 heavy (non-hydrogen) atoms. The Bertz CT molecular complexity index is 942. The Labute approximate surface area is 164 Å². The number of hydrogen-bond donors (Lipinski definition) is 1. The summed E-state index contributed by atoms with van der Waals surface area (Å²) in [7, 11) is -2.45. The largest absolute Gasteiger partial charge is 0.497 e. The standard InChI is InChI=1S/C19H23N3O5S/c1-27-16-8-6-7-15(13-16)18(21-11-4-5-12-21)14-20-28(25,26)19-10-3-2-9-17(19)22(23)24/h2-3,6-10,13,18,20H,4-5,11-12,14H2,1H3. The van der Waals surface area contributed by atoms with Crippen molar-refractivity contribution in [1.82, 2.24) is 9.62 Å². The van der Waals surface area contributed by atoms with Crippen LogP contribution in [-0.2, 0) is 10.0 Å². The third kappa shape index (κ3) is 4.49. The maximum absolute atomic E-state index is 12.8. The van der Waals surface area contributed by atoms with Crippen molar-refractivity contribution in [3.8, 4) is 5.75 Å². The van der Waals surface area contributed by atoms with Crippen molar-refractivity contribution < 1.29 is 18.1 Å². The van der Waals surface area contributed by atoms with E-state index in [0.717, 1.165) is 31.5 Å². The highest BCUT2D eigenvalue weighted by Crippen LogP contribution is 2.28. The van der Waals surface area contributed by atoms with E-state index in [2.05, 4.69) is 9.62 Å². The molecule has 1 fully saturated rings. The zero-order chi connectivity index (χ0) is 20.1. The van der Waals surface area contributed by atoms with Gasteiger partial charge in [-0.3, -0.25) is 15.0 Å². The fourth-order valence-corrected chi connectivity index (χ4v) is 4.67. The third-order valence-corrected chi connectivity index (χ3v) is 6.35. The summed E-state index contributed by atoms with van der Waals surface area (Å²) in [4.78, 5) is 12.4. The van der Waals surface area contributed by atoms with Crippen LogP contribution in [0, 0.1) is 10.1 Å². The first-order valence-corrected chi connectivity index (χ1v) is 10.5. The number of nitrogens with zero attached hydrogens (tertiary/aromatic N) is 2. The van der Waals surface area contributed by atoms with Crippen molar-refractivity contribution in [1.29, 1.82) is 0 Å². The molecule has 1 N–H and O–H groups in total. The van der Waals surface area contributed by atoms with Gasteiger partial charge in [-0.05, 0) is 49.7 Å². The van der Waals surface area contributed by atoms with Gasteiger partial charge in [0, 0.05) is 18.7 Å². The molecule has 1 saturated heterocycles. The van der Waals surface area contributed by atoms with E-state index in [4.69, 9.17) is 4.74 Å². The molecule has 150 valence electrons. The molecule has 0 aromatic heterocycles. The van der Waals surface area contributed by atoms with E-state index in [1.807, 2.05) is 24.3 Å². The van der Waals surface area contributed by atoms with Gasteiger partial charge >= 0.3 is 0 Å². The van der Waals surface area contributed by atoms with Crippen LogP contribution in [-0.4, -0.2) is 45.0 Å². The number of sulfonamides is 1. The quantitative estimate of drug-likeness (QED) is 0.535. The van der Waals surface area contributed by atoms with Gasteiger partial charge in [-0.1, -0.05) is 24.3 Å². The van der Waals surface area contributed by atoms with Gasteiger partial charge in [-0.25, -0.2) is 13.1 Å². The number of nitrogens with one attached hydrogen (secondary N) is 1. The van der Waals surface area contributed by atoms with Gasteiger partial charge in [0.25, 0.3) is 5.69 Å². The highest BCUT2D eigenvalue weighted by molar-refractivity contribution is 7.89. The van der Waals surface area contributed by atoms with Gasteiger partial charge in [-0.15, -0.1) is 0 Å². The van der Waals surface area contributed by atoms with Gasteiger partial charge < -0.3 is 4.74 Å². The van der Waals surface area contributed by atoms with Crippen molar-refractivity contribution in [2.45, 2.75) is 23.8 Å². The van der Waals surface area contributed by atoms with E-state index in [9.17, 15) is 18.5 Å². The van der Waals surface area contributed by atoms with Crippen LogP contribution in [0.4, 0.5) is 5.69 Å². The number of hydrogen-bond acceptors (Lipinski definition) is 6. The van der Waals surface area contributed by atoms with Crippen LogP contribution in [0.5, 0.6) is 5.75 Å². The highest BCUT2D eigenvalue weighted by atomic mass is 32.2. The van der Waals surface area contributed by atoms with Crippen molar-refractivity contribution in [2.24, 2.45) is 0 Å². The molecular formula is C19H23N3O5S. The maximum atomic E-state index is 12.8. The number of ether oxygens (including phenoxy) is 1. The molecular weight excluding hydrogens is 382 g/mol. The number of nitro groups is 1. The maximum Gasteiger partial charge on any atom is 0.289 e. The molecule has 2 aromatic rings. The molecule has 0 radical (unpaired) electrons. The van der Waals surface area contributed by atoms with Crippen molar-refractivity contribution in [3.05, 3.63) is 64.2 Å². The summed E-state index contributed by atoms with van der Waals surface area (Å²) in [5.41, 5.74) is 0.501.